The van der Waals surface area contributed by atoms with Crippen molar-refractivity contribution < 1.29 is 0 Å². The van der Waals surface area contributed by atoms with E-state index in [1.807, 2.05) is 30.7 Å². The predicted molar refractivity (Wildman–Crippen MR) is 72.0 cm³/mol. The number of halogens is 1. The van der Waals surface area contributed by atoms with E-state index >= 15 is 0 Å². The van der Waals surface area contributed by atoms with Crippen LogP contribution in [0.2, 0.25) is 0 Å². The zero-order valence-electron chi connectivity index (χ0n) is 8.31. The Bertz CT molecular complexity index is 628. The molecule has 0 aliphatic carbocycles. The number of rotatable bonds is 1. The van der Waals surface area contributed by atoms with Crippen molar-refractivity contribution in [2.45, 2.75) is 0 Å². The molecule has 0 bridgehead atoms. The van der Waals surface area contributed by atoms with Gasteiger partial charge in [0.2, 0.25) is 0 Å². The van der Waals surface area contributed by atoms with E-state index in [2.05, 4.69) is 43.6 Å². The average Bonchev–Trinajstić information content (AvgIpc) is 2.74. The van der Waals surface area contributed by atoms with Crippen molar-refractivity contribution in [3.63, 3.8) is 0 Å². The Hall–Kier alpha value is -1.43. The summed E-state index contributed by atoms with van der Waals surface area (Å²) in [6, 6.07) is 6.09. The van der Waals surface area contributed by atoms with Crippen LogP contribution in [0.15, 0.2) is 43.0 Å². The second-order valence-corrected chi connectivity index (χ2v) is 4.73. The van der Waals surface area contributed by atoms with Gasteiger partial charge >= 0.3 is 0 Å². The van der Waals surface area contributed by atoms with Crippen LogP contribution in [0.1, 0.15) is 0 Å². The third-order valence-corrected chi connectivity index (χ3v) is 3.12. The predicted octanol–water partition coefficient (Wildman–Crippen LogP) is 3.23. The zero-order valence-corrected chi connectivity index (χ0v) is 10.5. The molecule has 0 amide bonds. The lowest BCUT2D eigenvalue weighted by molar-refractivity contribution is 1.31. The fraction of sp³-hybridized carbons (Fsp3) is 0. The van der Waals surface area contributed by atoms with E-state index in [1.165, 1.54) is 0 Å². The minimum atomic E-state index is 0.984. The van der Waals surface area contributed by atoms with Crippen molar-refractivity contribution in [1.29, 1.82) is 0 Å². The lowest BCUT2D eigenvalue weighted by atomic mass is 10.1. The summed E-state index contributed by atoms with van der Waals surface area (Å²) in [6.07, 6.45) is 7.47. The third kappa shape index (κ3) is 1.59. The molecule has 0 spiro atoms. The van der Waals surface area contributed by atoms with Crippen LogP contribution in [0.25, 0.3) is 22.2 Å². The first-order valence-electron chi connectivity index (χ1n) is 4.87. The summed E-state index contributed by atoms with van der Waals surface area (Å²) in [5, 5.41) is 1.16. The molecule has 0 saturated heterocycles. The average molecular weight is 321 g/mol. The van der Waals surface area contributed by atoms with Gasteiger partial charge in [0.15, 0.2) is 0 Å². The number of fused-ring (bicyclic) bond motifs is 1. The Kier molecular flexibility index (Phi) is 2.36. The molecule has 0 radical (unpaired) electrons. The lowest BCUT2D eigenvalue weighted by Crippen LogP contribution is -1.82. The van der Waals surface area contributed by atoms with Gasteiger partial charge in [-0.15, -0.1) is 0 Å². The number of nitrogens with one attached hydrogen (secondary N) is 1. The highest BCUT2D eigenvalue weighted by Gasteiger charge is 2.06. The molecular formula is C12H8IN3. The van der Waals surface area contributed by atoms with E-state index in [4.69, 9.17) is 0 Å². The number of hydrogen-bond donors (Lipinski definition) is 1. The summed E-state index contributed by atoms with van der Waals surface area (Å²) < 4.78 is 1.14. The summed E-state index contributed by atoms with van der Waals surface area (Å²) in [6.45, 7) is 0. The van der Waals surface area contributed by atoms with Gasteiger partial charge in [0, 0.05) is 33.1 Å². The molecule has 0 aromatic carbocycles. The van der Waals surface area contributed by atoms with Gasteiger partial charge in [0.1, 0.15) is 0 Å². The zero-order chi connectivity index (χ0) is 11.0. The number of H-pyrrole nitrogens is 1. The third-order valence-electron chi connectivity index (χ3n) is 2.49. The van der Waals surface area contributed by atoms with Crippen LogP contribution in [0.3, 0.4) is 0 Å². The molecule has 3 heterocycles. The summed E-state index contributed by atoms with van der Waals surface area (Å²) in [4.78, 5) is 11.7. The maximum absolute atomic E-state index is 4.42. The van der Waals surface area contributed by atoms with Crippen LogP contribution in [0.4, 0.5) is 0 Å². The minimum Gasteiger partial charge on any atom is -0.359 e. The van der Waals surface area contributed by atoms with E-state index in [0.717, 1.165) is 25.7 Å². The highest BCUT2D eigenvalue weighted by atomic mass is 127. The van der Waals surface area contributed by atoms with Gasteiger partial charge < -0.3 is 4.98 Å². The van der Waals surface area contributed by atoms with Crippen LogP contribution in [0, 0.1) is 3.57 Å². The first-order chi connectivity index (χ1) is 7.84. The molecule has 16 heavy (non-hydrogen) atoms. The molecule has 3 aromatic rings. The van der Waals surface area contributed by atoms with E-state index in [-0.39, 0.29) is 0 Å². The highest BCUT2D eigenvalue weighted by Crippen LogP contribution is 2.26. The van der Waals surface area contributed by atoms with Crippen LogP contribution < -0.4 is 0 Å². The first kappa shape index (κ1) is 9.77. The normalized spacial score (nSPS) is 10.8. The summed E-state index contributed by atoms with van der Waals surface area (Å²) in [7, 11) is 0. The van der Waals surface area contributed by atoms with Gasteiger partial charge in [0.25, 0.3) is 0 Å². The molecule has 3 nitrogen and oxygen atoms in total. The van der Waals surface area contributed by atoms with Crippen molar-refractivity contribution in [3.05, 3.63) is 46.6 Å². The van der Waals surface area contributed by atoms with Crippen LogP contribution in [0.5, 0.6) is 0 Å². The second-order valence-electron chi connectivity index (χ2n) is 3.49. The number of nitrogens with zero attached hydrogens (tertiary/aromatic N) is 2. The van der Waals surface area contributed by atoms with Crippen molar-refractivity contribution >= 4 is 33.5 Å². The number of pyridine rings is 2. The van der Waals surface area contributed by atoms with Gasteiger partial charge in [-0.3, -0.25) is 9.97 Å². The molecule has 78 valence electrons. The molecule has 0 saturated carbocycles. The van der Waals surface area contributed by atoms with Crippen molar-refractivity contribution in [3.8, 4) is 11.3 Å². The van der Waals surface area contributed by atoms with Gasteiger partial charge in [-0.2, -0.15) is 0 Å². The molecule has 0 aliphatic rings. The maximum atomic E-state index is 4.42. The standard InChI is InChI=1S/C12H8IN3/c13-8-1-2-11(15-5-8)10-6-16-12-7-14-4-3-9(10)12/h1-7,16H. The minimum absolute atomic E-state index is 0.984. The SMILES string of the molecule is Ic1ccc(-c2c[nH]c3cnccc23)nc1. The van der Waals surface area contributed by atoms with Gasteiger partial charge in [-0.1, -0.05) is 0 Å². The largest absolute Gasteiger partial charge is 0.359 e. The van der Waals surface area contributed by atoms with Crippen LogP contribution in [-0.2, 0) is 0 Å². The van der Waals surface area contributed by atoms with Crippen molar-refractivity contribution in [2.75, 3.05) is 0 Å². The Morgan fingerprint density at radius 1 is 1.12 bits per heavy atom. The van der Waals surface area contributed by atoms with E-state index in [0.29, 0.717) is 0 Å². The Balaban J connectivity index is 2.22. The topological polar surface area (TPSA) is 41.6 Å². The van der Waals surface area contributed by atoms with Crippen LogP contribution in [-0.4, -0.2) is 15.0 Å². The molecular weight excluding hydrogens is 313 g/mol. The molecule has 0 atom stereocenters. The van der Waals surface area contributed by atoms with Gasteiger partial charge in [-0.05, 0) is 40.8 Å². The first-order valence-corrected chi connectivity index (χ1v) is 5.95. The fourth-order valence-electron chi connectivity index (χ4n) is 1.72. The molecule has 4 heteroatoms. The van der Waals surface area contributed by atoms with Gasteiger partial charge in [0.05, 0.1) is 17.4 Å². The number of aromatic nitrogens is 3. The second kappa shape index (κ2) is 3.86. The van der Waals surface area contributed by atoms with Crippen molar-refractivity contribution in [1.82, 2.24) is 15.0 Å². The summed E-state index contributed by atoms with van der Waals surface area (Å²) in [5.41, 5.74) is 3.14. The highest BCUT2D eigenvalue weighted by molar-refractivity contribution is 14.1. The van der Waals surface area contributed by atoms with Gasteiger partial charge in [-0.25, -0.2) is 0 Å². The Morgan fingerprint density at radius 2 is 2.06 bits per heavy atom. The lowest BCUT2D eigenvalue weighted by Gasteiger charge is -1.98. The summed E-state index contributed by atoms with van der Waals surface area (Å²) >= 11 is 2.25. The number of hydrogen-bond acceptors (Lipinski definition) is 2. The fourth-order valence-corrected chi connectivity index (χ4v) is 2.04. The van der Waals surface area contributed by atoms with E-state index < -0.39 is 0 Å². The van der Waals surface area contributed by atoms with E-state index in [9.17, 15) is 0 Å². The molecule has 0 aliphatic heterocycles. The number of aromatic amines is 1. The summed E-state index contributed by atoms with van der Waals surface area (Å²) in [5.74, 6) is 0. The Morgan fingerprint density at radius 3 is 2.88 bits per heavy atom. The smallest absolute Gasteiger partial charge is 0.0724 e. The molecule has 3 rings (SSSR count). The molecule has 0 fully saturated rings. The van der Waals surface area contributed by atoms with Crippen molar-refractivity contribution in [2.24, 2.45) is 0 Å². The quantitative estimate of drug-likeness (QED) is 0.699. The molecule has 3 aromatic heterocycles. The monoisotopic (exact) mass is 321 g/mol. The molecule has 1 N–H and O–H groups in total. The van der Waals surface area contributed by atoms with E-state index in [1.54, 1.807) is 6.20 Å². The van der Waals surface area contributed by atoms with Crippen LogP contribution >= 0.6 is 22.6 Å². The molecule has 0 unspecified atom stereocenters. The maximum Gasteiger partial charge on any atom is 0.0724 e. The Labute approximate surface area is 106 Å².